The quantitative estimate of drug-likeness (QED) is 0.586. The highest BCUT2D eigenvalue weighted by molar-refractivity contribution is 8.01. The van der Waals surface area contributed by atoms with Gasteiger partial charge in [-0.05, 0) is 13.8 Å². The second-order valence-corrected chi connectivity index (χ2v) is 4.71. The van der Waals surface area contributed by atoms with Crippen molar-refractivity contribution in [2.75, 3.05) is 5.75 Å². The highest BCUT2D eigenvalue weighted by atomic mass is 32.2. The van der Waals surface area contributed by atoms with E-state index in [-0.39, 0.29) is 5.75 Å². The zero-order valence-electron chi connectivity index (χ0n) is 7.48. The Morgan fingerprint density at radius 3 is 2.23 bits per heavy atom. The van der Waals surface area contributed by atoms with Crippen LogP contribution in [-0.4, -0.2) is 38.7 Å². The molecule has 0 spiro atoms. The van der Waals surface area contributed by atoms with Gasteiger partial charge >= 0.3 is 11.9 Å². The Hall–Kier alpha value is -0.750. The molecular weight excluding hydrogens is 194 g/mol. The van der Waals surface area contributed by atoms with Crippen LogP contribution in [0.15, 0.2) is 0 Å². The van der Waals surface area contributed by atoms with Crippen molar-refractivity contribution in [1.82, 2.24) is 0 Å². The summed E-state index contributed by atoms with van der Waals surface area (Å²) in [6, 6.07) is -1.01. The number of aliphatic carboxylic acids is 2. The fourth-order valence-corrected chi connectivity index (χ4v) is 1.29. The molecule has 0 saturated carbocycles. The Balaban J connectivity index is 4.02. The predicted octanol–water partition coefficient (Wildman–Crippen LogP) is -0.00530. The molecule has 0 heterocycles. The zero-order valence-corrected chi connectivity index (χ0v) is 8.30. The summed E-state index contributed by atoms with van der Waals surface area (Å²) >= 11 is 1.02. The molecule has 0 aromatic carbocycles. The maximum Gasteiger partial charge on any atom is 0.321 e. The lowest BCUT2D eigenvalue weighted by atomic mass is 10.2. The smallest absolute Gasteiger partial charge is 0.321 e. The molecule has 0 fully saturated rings. The van der Waals surface area contributed by atoms with Crippen molar-refractivity contribution >= 4 is 23.7 Å². The van der Waals surface area contributed by atoms with Crippen molar-refractivity contribution < 1.29 is 19.8 Å². The molecule has 0 aliphatic rings. The number of thioether (sulfide) groups is 1. The molecule has 13 heavy (non-hydrogen) atoms. The average molecular weight is 207 g/mol. The normalized spacial score (nSPS) is 13.8. The van der Waals surface area contributed by atoms with Crippen molar-refractivity contribution in [3.05, 3.63) is 0 Å². The third-order valence-electron chi connectivity index (χ3n) is 1.46. The number of carbonyl (C=O) groups is 2. The standard InChI is InChI=1S/C7H13NO4S/c1-7(2,6(11)12)13-3-4(8)5(9)10/h4H,3,8H2,1-2H3,(H,9,10)(H,11,12)/t4-/m0/s1. The molecule has 0 rings (SSSR count). The summed E-state index contributed by atoms with van der Waals surface area (Å²) in [5.41, 5.74) is 5.21. The number of nitrogens with two attached hydrogens (primary N) is 1. The van der Waals surface area contributed by atoms with Gasteiger partial charge in [-0.2, -0.15) is 0 Å². The van der Waals surface area contributed by atoms with E-state index in [1.165, 1.54) is 13.8 Å². The fraction of sp³-hybridized carbons (Fsp3) is 0.714. The summed E-state index contributed by atoms with van der Waals surface area (Å²) in [4.78, 5) is 20.9. The minimum absolute atomic E-state index is 0.0919. The Morgan fingerprint density at radius 2 is 1.92 bits per heavy atom. The van der Waals surface area contributed by atoms with Gasteiger partial charge in [0.2, 0.25) is 0 Å². The lowest BCUT2D eigenvalue weighted by molar-refractivity contribution is -0.139. The molecule has 0 amide bonds. The van der Waals surface area contributed by atoms with Gasteiger partial charge < -0.3 is 15.9 Å². The largest absolute Gasteiger partial charge is 0.480 e. The van der Waals surface area contributed by atoms with E-state index < -0.39 is 22.7 Å². The first-order valence-corrected chi connectivity index (χ1v) is 4.61. The lowest BCUT2D eigenvalue weighted by Gasteiger charge is -2.19. The number of carboxylic acids is 2. The van der Waals surface area contributed by atoms with E-state index in [9.17, 15) is 9.59 Å². The van der Waals surface area contributed by atoms with Crippen molar-refractivity contribution in [3.63, 3.8) is 0 Å². The highest BCUT2D eigenvalue weighted by Gasteiger charge is 2.29. The van der Waals surface area contributed by atoms with Crippen molar-refractivity contribution in [3.8, 4) is 0 Å². The van der Waals surface area contributed by atoms with Gasteiger partial charge in [0.05, 0.1) is 0 Å². The molecule has 0 aromatic heterocycles. The van der Waals surface area contributed by atoms with E-state index in [0.29, 0.717) is 0 Å². The van der Waals surface area contributed by atoms with Crippen molar-refractivity contribution in [1.29, 1.82) is 0 Å². The molecule has 1 atom stereocenters. The minimum Gasteiger partial charge on any atom is -0.480 e. The van der Waals surface area contributed by atoms with Gasteiger partial charge in [-0.3, -0.25) is 9.59 Å². The first kappa shape index (κ1) is 12.2. The molecule has 76 valence electrons. The SMILES string of the molecule is CC(C)(SC[C@H](N)C(=O)O)C(=O)O. The van der Waals surface area contributed by atoms with Gasteiger partial charge in [0.1, 0.15) is 10.8 Å². The van der Waals surface area contributed by atoms with Gasteiger partial charge in [0.25, 0.3) is 0 Å². The molecule has 5 nitrogen and oxygen atoms in total. The van der Waals surface area contributed by atoms with Crippen LogP contribution in [0, 0.1) is 0 Å². The average Bonchev–Trinajstić information content (AvgIpc) is 1.99. The van der Waals surface area contributed by atoms with Crippen LogP contribution in [0.4, 0.5) is 0 Å². The van der Waals surface area contributed by atoms with Gasteiger partial charge in [-0.25, -0.2) is 0 Å². The van der Waals surface area contributed by atoms with Crippen LogP contribution >= 0.6 is 11.8 Å². The van der Waals surface area contributed by atoms with Crippen LogP contribution in [0.25, 0.3) is 0 Å². The summed E-state index contributed by atoms with van der Waals surface area (Å²) in [5, 5.41) is 17.1. The third kappa shape index (κ3) is 4.14. The Labute approximate surface area is 80.3 Å². The van der Waals surface area contributed by atoms with Crippen molar-refractivity contribution in [2.45, 2.75) is 24.6 Å². The third-order valence-corrected chi connectivity index (χ3v) is 2.88. The van der Waals surface area contributed by atoms with Crippen LogP contribution < -0.4 is 5.73 Å². The van der Waals surface area contributed by atoms with Crippen LogP contribution in [0.2, 0.25) is 0 Å². The summed E-state index contributed by atoms with van der Waals surface area (Å²) in [6.45, 7) is 3.02. The van der Waals surface area contributed by atoms with E-state index in [1.807, 2.05) is 0 Å². The number of carboxylic acid groups (broad SMARTS) is 2. The van der Waals surface area contributed by atoms with Crippen molar-refractivity contribution in [2.24, 2.45) is 5.73 Å². The Morgan fingerprint density at radius 1 is 1.46 bits per heavy atom. The second-order valence-electron chi connectivity index (χ2n) is 3.07. The van der Waals surface area contributed by atoms with E-state index >= 15 is 0 Å². The van der Waals surface area contributed by atoms with Gasteiger partial charge in [0.15, 0.2) is 0 Å². The molecule has 0 aromatic rings. The number of hydrogen-bond donors (Lipinski definition) is 3. The molecule has 0 unspecified atom stereocenters. The minimum atomic E-state index is -1.12. The first-order chi connectivity index (χ1) is 5.77. The van der Waals surface area contributed by atoms with Crippen LogP contribution in [0.1, 0.15) is 13.8 Å². The highest BCUT2D eigenvalue weighted by Crippen LogP contribution is 2.24. The molecule has 0 aliphatic heterocycles. The second kappa shape index (κ2) is 4.48. The zero-order chi connectivity index (χ0) is 10.6. The monoisotopic (exact) mass is 207 g/mol. The van der Waals surface area contributed by atoms with Crippen LogP contribution in [0.3, 0.4) is 0 Å². The van der Waals surface area contributed by atoms with Gasteiger partial charge in [0, 0.05) is 5.75 Å². The molecule has 0 aliphatic carbocycles. The lowest BCUT2D eigenvalue weighted by Crippen LogP contribution is -2.36. The fourth-order valence-electron chi connectivity index (χ4n) is 0.431. The molecule has 0 saturated heterocycles. The van der Waals surface area contributed by atoms with Crippen LogP contribution in [0.5, 0.6) is 0 Å². The number of rotatable bonds is 5. The maximum atomic E-state index is 10.6. The predicted molar refractivity (Wildman–Crippen MR) is 49.8 cm³/mol. The summed E-state index contributed by atoms with van der Waals surface area (Å²) < 4.78 is -0.993. The topological polar surface area (TPSA) is 101 Å². The van der Waals surface area contributed by atoms with Crippen LogP contribution in [-0.2, 0) is 9.59 Å². The van der Waals surface area contributed by atoms with Gasteiger partial charge in [-0.1, -0.05) is 0 Å². The Bertz CT molecular complexity index is 217. The first-order valence-electron chi connectivity index (χ1n) is 3.63. The Kier molecular flexibility index (Phi) is 4.22. The van der Waals surface area contributed by atoms with E-state index in [2.05, 4.69) is 0 Å². The summed E-state index contributed by atoms with van der Waals surface area (Å²) in [5.74, 6) is -2.00. The van der Waals surface area contributed by atoms with E-state index in [4.69, 9.17) is 15.9 Å². The summed E-state index contributed by atoms with van der Waals surface area (Å²) in [6.07, 6.45) is 0. The molecule has 4 N–H and O–H groups in total. The molecule has 6 heteroatoms. The molecular formula is C7H13NO4S. The van der Waals surface area contributed by atoms with E-state index in [1.54, 1.807) is 0 Å². The molecule has 0 radical (unpaired) electrons. The van der Waals surface area contributed by atoms with E-state index in [0.717, 1.165) is 11.8 Å². The molecule has 0 bridgehead atoms. The maximum absolute atomic E-state index is 10.6. The summed E-state index contributed by atoms with van der Waals surface area (Å²) in [7, 11) is 0. The van der Waals surface area contributed by atoms with Gasteiger partial charge in [-0.15, -0.1) is 11.8 Å². The number of hydrogen-bond acceptors (Lipinski definition) is 4.